The number of carbonyl (C=O) groups is 1. The molecule has 33 heavy (non-hydrogen) atoms. The van der Waals surface area contributed by atoms with Gasteiger partial charge in [-0.2, -0.15) is 13.2 Å². The largest absolute Gasteiger partial charge is 0.416 e. The minimum atomic E-state index is -4.41. The SMILES string of the molecule is CCc1cc(CN2CCCc3cccn3-c3ccc(C)cc3NCC2=O)cc(C(F)(F)F)c1. The number of amides is 1. The summed E-state index contributed by atoms with van der Waals surface area (Å²) in [5.74, 6) is -0.135. The Kier molecular flexibility index (Phi) is 6.49. The van der Waals surface area contributed by atoms with Crippen LogP contribution in [-0.2, 0) is 30.4 Å². The maximum atomic E-state index is 13.4. The number of alkyl halides is 3. The fraction of sp³-hybridized carbons (Fsp3) is 0.346. The monoisotopic (exact) mass is 455 g/mol. The zero-order chi connectivity index (χ0) is 23.6. The van der Waals surface area contributed by atoms with Gasteiger partial charge < -0.3 is 14.8 Å². The number of nitrogens with one attached hydrogen (secondary N) is 1. The standard InChI is InChI=1S/C26H28F3N3O/c1-3-19-13-20(15-21(14-19)26(27,28)29)17-31-10-4-6-22-7-5-11-32(22)24-9-8-18(2)12-23(24)30-16-25(31)33/h5,7-9,11-15,30H,3-4,6,10,16-17H2,1-2H3. The number of aromatic nitrogens is 1. The normalized spacial score (nSPS) is 14.8. The van der Waals surface area contributed by atoms with Crippen LogP contribution in [0.25, 0.3) is 5.69 Å². The van der Waals surface area contributed by atoms with Crippen molar-refractivity contribution >= 4 is 11.6 Å². The van der Waals surface area contributed by atoms with Crippen LogP contribution >= 0.6 is 0 Å². The Hall–Kier alpha value is -3.22. The number of anilines is 1. The highest BCUT2D eigenvalue weighted by Gasteiger charge is 2.31. The van der Waals surface area contributed by atoms with E-state index in [4.69, 9.17) is 0 Å². The van der Waals surface area contributed by atoms with Gasteiger partial charge in [-0.15, -0.1) is 0 Å². The molecule has 7 heteroatoms. The third-order valence-electron chi connectivity index (χ3n) is 6.05. The lowest BCUT2D eigenvalue weighted by Gasteiger charge is -2.24. The van der Waals surface area contributed by atoms with E-state index in [9.17, 15) is 18.0 Å². The van der Waals surface area contributed by atoms with Gasteiger partial charge in [0.25, 0.3) is 0 Å². The van der Waals surface area contributed by atoms with Crippen LogP contribution in [0.3, 0.4) is 0 Å². The number of rotatable bonds is 3. The molecular weight excluding hydrogens is 427 g/mol. The molecule has 0 saturated carbocycles. The van der Waals surface area contributed by atoms with E-state index < -0.39 is 11.7 Å². The molecule has 0 fully saturated rings. The van der Waals surface area contributed by atoms with Crippen LogP contribution in [0.4, 0.5) is 18.9 Å². The number of benzene rings is 2. The number of carbonyl (C=O) groups excluding carboxylic acids is 1. The second-order valence-corrected chi connectivity index (χ2v) is 8.55. The number of fused-ring (bicyclic) bond motifs is 3. The predicted octanol–water partition coefficient (Wildman–Crippen LogP) is 5.75. The Morgan fingerprint density at radius 3 is 2.61 bits per heavy atom. The van der Waals surface area contributed by atoms with Crippen LogP contribution in [0, 0.1) is 6.92 Å². The summed E-state index contributed by atoms with van der Waals surface area (Å²) in [5.41, 5.74) is 4.49. The van der Waals surface area contributed by atoms with E-state index in [1.54, 1.807) is 11.0 Å². The van der Waals surface area contributed by atoms with Crippen LogP contribution in [0.1, 0.15) is 41.3 Å². The second-order valence-electron chi connectivity index (χ2n) is 8.55. The first kappa shape index (κ1) is 23.0. The van der Waals surface area contributed by atoms with Crippen molar-refractivity contribution in [2.45, 2.75) is 45.8 Å². The second kappa shape index (κ2) is 9.33. The predicted molar refractivity (Wildman–Crippen MR) is 124 cm³/mol. The van der Waals surface area contributed by atoms with Gasteiger partial charge in [0.1, 0.15) is 0 Å². The van der Waals surface area contributed by atoms with Gasteiger partial charge in [0.15, 0.2) is 0 Å². The molecule has 4 rings (SSSR count). The minimum Gasteiger partial charge on any atom is -0.374 e. The molecule has 4 nitrogen and oxygen atoms in total. The number of halogens is 3. The van der Waals surface area contributed by atoms with Gasteiger partial charge in [-0.3, -0.25) is 4.79 Å². The molecule has 0 unspecified atom stereocenters. The third kappa shape index (κ3) is 5.24. The first-order valence-electron chi connectivity index (χ1n) is 11.2. The van der Waals surface area contributed by atoms with E-state index in [1.807, 2.05) is 44.3 Å². The molecule has 3 aromatic rings. The number of nitrogens with zero attached hydrogens (tertiary/aromatic N) is 2. The van der Waals surface area contributed by atoms with Gasteiger partial charge in [0.05, 0.1) is 23.5 Å². The molecule has 0 spiro atoms. The minimum absolute atomic E-state index is 0.0760. The Balaban J connectivity index is 1.63. The maximum Gasteiger partial charge on any atom is 0.416 e. The van der Waals surface area contributed by atoms with Crippen LogP contribution in [0.15, 0.2) is 54.7 Å². The summed E-state index contributed by atoms with van der Waals surface area (Å²) < 4.78 is 42.3. The van der Waals surface area contributed by atoms with E-state index in [2.05, 4.69) is 16.0 Å². The summed E-state index contributed by atoms with van der Waals surface area (Å²) >= 11 is 0. The molecule has 2 aromatic carbocycles. The zero-order valence-electron chi connectivity index (χ0n) is 18.9. The van der Waals surface area contributed by atoms with Crippen LogP contribution < -0.4 is 5.32 Å². The van der Waals surface area contributed by atoms with Crippen LogP contribution in [0.5, 0.6) is 0 Å². The van der Waals surface area contributed by atoms with Gasteiger partial charge >= 0.3 is 6.18 Å². The van der Waals surface area contributed by atoms with Gasteiger partial charge in [-0.05, 0) is 79.3 Å². The molecular formula is C26H28F3N3O. The van der Waals surface area contributed by atoms with Crippen molar-refractivity contribution in [2.75, 3.05) is 18.4 Å². The Bertz CT molecular complexity index is 1150. The summed E-state index contributed by atoms with van der Waals surface area (Å²) in [6.07, 6.45) is -0.428. The number of aryl methyl sites for hydroxylation is 3. The fourth-order valence-electron chi connectivity index (χ4n) is 4.32. The average molecular weight is 456 g/mol. The van der Waals surface area contributed by atoms with Crippen molar-refractivity contribution in [3.05, 3.63) is 82.7 Å². The summed E-state index contributed by atoms with van der Waals surface area (Å²) in [6, 6.07) is 14.3. The molecule has 0 radical (unpaired) electrons. The first-order valence-corrected chi connectivity index (χ1v) is 11.2. The lowest BCUT2D eigenvalue weighted by molar-refractivity contribution is -0.137. The molecule has 0 saturated heterocycles. The molecule has 0 aliphatic carbocycles. The van der Waals surface area contributed by atoms with Crippen LogP contribution in [-0.4, -0.2) is 28.5 Å². The van der Waals surface area contributed by atoms with Crippen molar-refractivity contribution in [2.24, 2.45) is 0 Å². The molecule has 1 N–H and O–H groups in total. The topological polar surface area (TPSA) is 37.3 Å². The van der Waals surface area contributed by atoms with Gasteiger partial charge in [0, 0.05) is 25.0 Å². The fourth-order valence-corrected chi connectivity index (χ4v) is 4.32. The van der Waals surface area contributed by atoms with Gasteiger partial charge in [0.2, 0.25) is 5.91 Å². The van der Waals surface area contributed by atoms with Gasteiger partial charge in [-0.1, -0.05) is 19.1 Å². The molecule has 2 heterocycles. The third-order valence-corrected chi connectivity index (χ3v) is 6.05. The zero-order valence-corrected chi connectivity index (χ0v) is 18.9. The van der Waals surface area contributed by atoms with E-state index in [0.29, 0.717) is 24.1 Å². The highest BCUT2D eigenvalue weighted by Crippen LogP contribution is 2.31. The van der Waals surface area contributed by atoms with Crippen molar-refractivity contribution in [1.29, 1.82) is 0 Å². The number of hydrogen-bond donors (Lipinski definition) is 1. The molecule has 1 aromatic heterocycles. The van der Waals surface area contributed by atoms with E-state index >= 15 is 0 Å². The van der Waals surface area contributed by atoms with E-state index in [-0.39, 0.29) is 19.0 Å². The molecule has 1 aliphatic rings. The van der Waals surface area contributed by atoms with Gasteiger partial charge in [-0.25, -0.2) is 0 Å². The van der Waals surface area contributed by atoms with Crippen molar-refractivity contribution in [1.82, 2.24) is 9.47 Å². The molecule has 1 amide bonds. The smallest absolute Gasteiger partial charge is 0.374 e. The molecule has 174 valence electrons. The lowest BCUT2D eigenvalue weighted by atomic mass is 10.0. The number of hydrogen-bond acceptors (Lipinski definition) is 2. The summed E-state index contributed by atoms with van der Waals surface area (Å²) in [5, 5.41) is 3.26. The van der Waals surface area contributed by atoms with Crippen molar-refractivity contribution < 1.29 is 18.0 Å². The Morgan fingerprint density at radius 1 is 1.06 bits per heavy atom. The highest BCUT2D eigenvalue weighted by atomic mass is 19.4. The lowest BCUT2D eigenvalue weighted by Crippen LogP contribution is -2.36. The average Bonchev–Trinajstić information content (AvgIpc) is 3.23. The molecule has 0 bridgehead atoms. The highest BCUT2D eigenvalue weighted by molar-refractivity contribution is 5.82. The van der Waals surface area contributed by atoms with E-state index in [0.717, 1.165) is 41.5 Å². The Morgan fingerprint density at radius 2 is 1.85 bits per heavy atom. The quantitative estimate of drug-likeness (QED) is 0.546. The molecule has 1 aliphatic heterocycles. The van der Waals surface area contributed by atoms with Crippen LogP contribution in [0.2, 0.25) is 0 Å². The van der Waals surface area contributed by atoms with Crippen molar-refractivity contribution in [3.8, 4) is 5.69 Å². The maximum absolute atomic E-state index is 13.4. The summed E-state index contributed by atoms with van der Waals surface area (Å²) in [6.45, 7) is 4.53. The van der Waals surface area contributed by atoms with Crippen molar-refractivity contribution in [3.63, 3.8) is 0 Å². The van der Waals surface area contributed by atoms with E-state index in [1.165, 1.54) is 6.07 Å². The molecule has 0 atom stereocenters. The Labute approximate surface area is 192 Å². The summed E-state index contributed by atoms with van der Waals surface area (Å²) in [4.78, 5) is 14.8. The first-order chi connectivity index (χ1) is 15.7. The summed E-state index contributed by atoms with van der Waals surface area (Å²) in [7, 11) is 0.